The molecule has 1 heterocycles. The van der Waals surface area contributed by atoms with Gasteiger partial charge in [-0.15, -0.1) is 0 Å². The highest BCUT2D eigenvalue weighted by atomic mass is 16.6. The van der Waals surface area contributed by atoms with E-state index in [4.69, 9.17) is 9.47 Å². The lowest BCUT2D eigenvalue weighted by atomic mass is 9.77. The van der Waals surface area contributed by atoms with E-state index in [9.17, 15) is 0 Å². The Balaban J connectivity index is 1.36. The third kappa shape index (κ3) is 7.68. The summed E-state index contributed by atoms with van der Waals surface area (Å²) >= 11 is 0. The summed E-state index contributed by atoms with van der Waals surface area (Å²) in [5, 5.41) is 0. The molecule has 2 atom stereocenters. The van der Waals surface area contributed by atoms with Crippen LogP contribution in [-0.4, -0.2) is 19.3 Å². The van der Waals surface area contributed by atoms with E-state index in [1.54, 1.807) is 0 Å². The quantitative estimate of drug-likeness (QED) is 0.320. The van der Waals surface area contributed by atoms with Crippen LogP contribution in [0.2, 0.25) is 0 Å². The molecule has 2 heteroatoms. The molecule has 1 saturated heterocycles. The molecule has 1 aromatic rings. The molecular formula is C28H46O2. The highest BCUT2D eigenvalue weighted by molar-refractivity contribution is 5.27. The predicted octanol–water partition coefficient (Wildman–Crippen LogP) is 8.36. The van der Waals surface area contributed by atoms with Crippen molar-refractivity contribution in [3.8, 4) is 0 Å². The molecule has 3 rings (SSSR count). The standard InChI is InChI=1S/C28H46O2/c1-3-5-7-8-10-11-23-13-15-24(16-14-23)25-17-19-26(20-18-25)28-22-29-27(21-30-28)12-9-6-4-2/h17-20,23-24,27-28H,3-16,21-22H2,1-2H3. The van der Waals surface area contributed by atoms with Crippen molar-refractivity contribution in [1.29, 1.82) is 0 Å². The Bertz CT molecular complexity index is 551. The number of benzene rings is 1. The van der Waals surface area contributed by atoms with E-state index in [-0.39, 0.29) is 6.10 Å². The van der Waals surface area contributed by atoms with Crippen molar-refractivity contribution < 1.29 is 9.47 Å². The van der Waals surface area contributed by atoms with Crippen LogP contribution < -0.4 is 0 Å². The van der Waals surface area contributed by atoms with E-state index in [1.165, 1.54) is 94.6 Å². The lowest BCUT2D eigenvalue weighted by molar-refractivity contribution is -0.137. The van der Waals surface area contributed by atoms with Crippen LogP contribution in [0.5, 0.6) is 0 Å². The minimum atomic E-state index is 0.116. The molecule has 1 aliphatic carbocycles. The molecule has 2 nitrogen and oxygen atoms in total. The normalized spacial score (nSPS) is 27.3. The zero-order chi connectivity index (χ0) is 21.0. The molecular weight excluding hydrogens is 368 g/mol. The second-order valence-corrected chi connectivity index (χ2v) is 9.86. The van der Waals surface area contributed by atoms with Crippen molar-refractivity contribution >= 4 is 0 Å². The van der Waals surface area contributed by atoms with E-state index in [0.29, 0.717) is 12.7 Å². The third-order valence-electron chi connectivity index (χ3n) is 7.44. The van der Waals surface area contributed by atoms with Crippen molar-refractivity contribution in [3.05, 3.63) is 35.4 Å². The largest absolute Gasteiger partial charge is 0.373 e. The van der Waals surface area contributed by atoms with E-state index < -0.39 is 0 Å². The van der Waals surface area contributed by atoms with Crippen LogP contribution in [0.15, 0.2) is 24.3 Å². The second kappa shape index (κ2) is 13.5. The number of unbranched alkanes of at least 4 members (excludes halogenated alkanes) is 6. The molecule has 0 spiro atoms. The number of ether oxygens (including phenoxy) is 2. The summed E-state index contributed by atoms with van der Waals surface area (Å²) in [6, 6.07) is 9.31. The van der Waals surface area contributed by atoms with Gasteiger partial charge in [-0.3, -0.25) is 0 Å². The van der Waals surface area contributed by atoms with Crippen molar-refractivity contribution in [1.82, 2.24) is 0 Å². The molecule has 0 N–H and O–H groups in total. The van der Waals surface area contributed by atoms with Gasteiger partial charge < -0.3 is 9.47 Å². The van der Waals surface area contributed by atoms with Crippen LogP contribution in [0.3, 0.4) is 0 Å². The molecule has 0 radical (unpaired) electrons. The van der Waals surface area contributed by atoms with Gasteiger partial charge in [0.05, 0.1) is 19.3 Å². The van der Waals surface area contributed by atoms with Crippen LogP contribution in [0.1, 0.15) is 127 Å². The molecule has 2 aliphatic rings. The Hall–Kier alpha value is -0.860. The summed E-state index contributed by atoms with van der Waals surface area (Å²) in [5.41, 5.74) is 2.82. The summed E-state index contributed by atoms with van der Waals surface area (Å²) in [4.78, 5) is 0. The maximum Gasteiger partial charge on any atom is 0.106 e. The molecule has 0 bridgehead atoms. The Morgan fingerprint density at radius 1 is 0.667 bits per heavy atom. The Labute approximate surface area is 186 Å². The zero-order valence-electron chi connectivity index (χ0n) is 19.7. The highest BCUT2D eigenvalue weighted by Crippen LogP contribution is 2.38. The molecule has 0 aromatic heterocycles. The van der Waals surface area contributed by atoms with Gasteiger partial charge in [-0.2, -0.15) is 0 Å². The van der Waals surface area contributed by atoms with Crippen molar-refractivity contribution in [2.24, 2.45) is 5.92 Å². The molecule has 0 amide bonds. The van der Waals surface area contributed by atoms with Crippen molar-refractivity contribution in [3.63, 3.8) is 0 Å². The summed E-state index contributed by atoms with van der Waals surface area (Å²) in [7, 11) is 0. The van der Waals surface area contributed by atoms with Crippen LogP contribution in [0, 0.1) is 5.92 Å². The van der Waals surface area contributed by atoms with Gasteiger partial charge in [-0.05, 0) is 55.1 Å². The fraction of sp³-hybridized carbons (Fsp3) is 0.786. The van der Waals surface area contributed by atoms with Crippen LogP contribution >= 0.6 is 0 Å². The number of hydrogen-bond donors (Lipinski definition) is 0. The lowest BCUT2D eigenvalue weighted by Crippen LogP contribution is -2.31. The van der Waals surface area contributed by atoms with E-state index in [0.717, 1.165) is 24.9 Å². The first-order chi connectivity index (χ1) is 14.8. The topological polar surface area (TPSA) is 18.5 Å². The molecule has 1 aromatic carbocycles. The summed E-state index contributed by atoms with van der Waals surface area (Å²) in [6.07, 6.45) is 19.6. The lowest BCUT2D eigenvalue weighted by Gasteiger charge is -2.31. The first-order valence-corrected chi connectivity index (χ1v) is 13.1. The molecule has 2 unspecified atom stereocenters. The van der Waals surface area contributed by atoms with Gasteiger partial charge in [0.15, 0.2) is 0 Å². The Morgan fingerprint density at radius 3 is 1.97 bits per heavy atom. The highest BCUT2D eigenvalue weighted by Gasteiger charge is 2.25. The van der Waals surface area contributed by atoms with Crippen LogP contribution in [0.25, 0.3) is 0 Å². The maximum absolute atomic E-state index is 6.14. The third-order valence-corrected chi connectivity index (χ3v) is 7.44. The molecule has 170 valence electrons. The van der Waals surface area contributed by atoms with Gasteiger partial charge in [0, 0.05) is 0 Å². The monoisotopic (exact) mass is 414 g/mol. The van der Waals surface area contributed by atoms with Crippen molar-refractivity contribution in [2.45, 2.75) is 122 Å². The second-order valence-electron chi connectivity index (χ2n) is 9.86. The summed E-state index contributed by atoms with van der Waals surface area (Å²) in [6.45, 7) is 6.01. The maximum atomic E-state index is 6.14. The SMILES string of the molecule is CCCCCCCC1CCC(c2ccc(C3COC(CCCCC)CO3)cc2)CC1. The fourth-order valence-corrected chi connectivity index (χ4v) is 5.33. The van der Waals surface area contributed by atoms with Gasteiger partial charge in [0.2, 0.25) is 0 Å². The number of rotatable bonds is 12. The zero-order valence-corrected chi connectivity index (χ0v) is 19.7. The van der Waals surface area contributed by atoms with Gasteiger partial charge in [-0.25, -0.2) is 0 Å². The minimum Gasteiger partial charge on any atom is -0.373 e. The van der Waals surface area contributed by atoms with Gasteiger partial charge in [0.25, 0.3) is 0 Å². The smallest absolute Gasteiger partial charge is 0.106 e. The average Bonchev–Trinajstić information content (AvgIpc) is 2.80. The molecule has 2 fully saturated rings. The minimum absolute atomic E-state index is 0.116. The van der Waals surface area contributed by atoms with Gasteiger partial charge in [0.1, 0.15) is 6.10 Å². The predicted molar refractivity (Wildman–Crippen MR) is 127 cm³/mol. The Kier molecular flexibility index (Phi) is 10.7. The first-order valence-electron chi connectivity index (χ1n) is 13.1. The summed E-state index contributed by atoms with van der Waals surface area (Å²) in [5.74, 6) is 1.75. The fourth-order valence-electron chi connectivity index (χ4n) is 5.33. The summed E-state index contributed by atoms with van der Waals surface area (Å²) < 4.78 is 12.2. The van der Waals surface area contributed by atoms with Crippen molar-refractivity contribution in [2.75, 3.05) is 13.2 Å². The first kappa shape index (κ1) is 23.8. The van der Waals surface area contributed by atoms with Crippen LogP contribution in [0.4, 0.5) is 0 Å². The van der Waals surface area contributed by atoms with Crippen LogP contribution in [-0.2, 0) is 9.47 Å². The molecule has 1 saturated carbocycles. The average molecular weight is 415 g/mol. The Morgan fingerprint density at radius 2 is 1.30 bits per heavy atom. The number of hydrogen-bond acceptors (Lipinski definition) is 2. The van der Waals surface area contributed by atoms with Gasteiger partial charge in [-0.1, -0.05) is 95.9 Å². The van der Waals surface area contributed by atoms with Gasteiger partial charge >= 0.3 is 0 Å². The van der Waals surface area contributed by atoms with E-state index in [2.05, 4.69) is 38.1 Å². The molecule has 1 aliphatic heterocycles. The molecule has 30 heavy (non-hydrogen) atoms. The van der Waals surface area contributed by atoms with E-state index >= 15 is 0 Å². The van der Waals surface area contributed by atoms with E-state index in [1.807, 2.05) is 0 Å².